The van der Waals surface area contributed by atoms with Crippen LogP contribution in [0.15, 0.2) is 84.3 Å². The van der Waals surface area contributed by atoms with E-state index in [2.05, 4.69) is 42.3 Å². The molecule has 1 atom stereocenters. The zero-order valence-electron chi connectivity index (χ0n) is 19.6. The van der Waals surface area contributed by atoms with Gasteiger partial charge in [0.05, 0.1) is 16.5 Å². The second-order valence-corrected chi connectivity index (χ2v) is 9.24. The average molecular weight is 482 g/mol. The number of hydrogen-bond donors (Lipinski definition) is 2. The fourth-order valence-electron chi connectivity index (χ4n) is 3.76. The molecule has 3 aromatic carbocycles. The minimum Gasteiger partial charge on any atom is -0.489 e. The SMILES string of the molecule is C=CCc1cc(/C=C2\S[C@@H](Nc3ccc(CC)cc3)NC2=O)ccc1OCc1ccccc1C#N. The number of anilines is 1. The first kappa shape index (κ1) is 24.2. The maximum absolute atomic E-state index is 12.6. The van der Waals surface area contributed by atoms with Gasteiger partial charge in [0.25, 0.3) is 5.91 Å². The largest absolute Gasteiger partial charge is 0.489 e. The molecule has 176 valence electrons. The number of hydrogen-bond acceptors (Lipinski definition) is 5. The first-order valence-electron chi connectivity index (χ1n) is 11.5. The van der Waals surface area contributed by atoms with Gasteiger partial charge in [0, 0.05) is 11.3 Å². The minimum atomic E-state index is -0.225. The average Bonchev–Trinajstić information content (AvgIpc) is 3.22. The monoisotopic (exact) mass is 481 g/mol. The van der Waals surface area contributed by atoms with Crippen LogP contribution in [-0.2, 0) is 24.2 Å². The summed E-state index contributed by atoms with van der Waals surface area (Å²) in [6.45, 7) is 6.29. The highest BCUT2D eigenvalue weighted by atomic mass is 32.2. The van der Waals surface area contributed by atoms with Crippen molar-refractivity contribution in [3.05, 3.63) is 112 Å². The molecule has 0 spiro atoms. The molecule has 0 saturated carbocycles. The number of nitriles is 1. The first-order valence-corrected chi connectivity index (χ1v) is 12.4. The van der Waals surface area contributed by atoms with E-state index < -0.39 is 0 Å². The number of rotatable bonds is 9. The summed E-state index contributed by atoms with van der Waals surface area (Å²) in [6.07, 6.45) is 5.34. The Morgan fingerprint density at radius 3 is 2.69 bits per heavy atom. The number of ether oxygens (including phenoxy) is 1. The van der Waals surface area contributed by atoms with E-state index in [1.807, 2.05) is 60.7 Å². The minimum absolute atomic E-state index is 0.101. The molecule has 0 aromatic heterocycles. The summed E-state index contributed by atoms with van der Waals surface area (Å²) >= 11 is 1.46. The van der Waals surface area contributed by atoms with Gasteiger partial charge >= 0.3 is 0 Å². The molecule has 6 heteroatoms. The Bertz CT molecular complexity index is 1290. The number of benzene rings is 3. The van der Waals surface area contributed by atoms with E-state index in [0.29, 0.717) is 23.5 Å². The molecule has 1 saturated heterocycles. The van der Waals surface area contributed by atoms with Crippen molar-refractivity contribution in [2.75, 3.05) is 5.32 Å². The fraction of sp³-hybridized carbons (Fsp3) is 0.172. The van der Waals surface area contributed by atoms with Crippen LogP contribution in [0.5, 0.6) is 5.75 Å². The molecule has 5 nitrogen and oxygen atoms in total. The highest BCUT2D eigenvalue weighted by molar-refractivity contribution is 8.05. The second kappa shape index (κ2) is 11.5. The predicted octanol–water partition coefficient (Wildman–Crippen LogP) is 6.03. The van der Waals surface area contributed by atoms with Crippen molar-refractivity contribution in [3.63, 3.8) is 0 Å². The summed E-state index contributed by atoms with van der Waals surface area (Å²) < 4.78 is 6.05. The zero-order valence-corrected chi connectivity index (χ0v) is 20.4. The zero-order chi connectivity index (χ0) is 24.6. The van der Waals surface area contributed by atoms with Gasteiger partial charge in [0.1, 0.15) is 12.4 Å². The van der Waals surface area contributed by atoms with Crippen molar-refractivity contribution in [2.45, 2.75) is 31.9 Å². The molecule has 3 aromatic rings. The normalized spacial score (nSPS) is 15.9. The number of allylic oxidation sites excluding steroid dienone is 1. The van der Waals surface area contributed by atoms with Gasteiger partial charge in [-0.2, -0.15) is 5.26 Å². The lowest BCUT2D eigenvalue weighted by Gasteiger charge is -2.13. The van der Waals surface area contributed by atoms with Crippen molar-refractivity contribution >= 4 is 29.4 Å². The number of nitrogens with one attached hydrogen (secondary N) is 2. The Kier molecular flexibility index (Phi) is 7.92. The van der Waals surface area contributed by atoms with E-state index in [-0.39, 0.29) is 11.4 Å². The summed E-state index contributed by atoms with van der Waals surface area (Å²) in [7, 11) is 0. The summed E-state index contributed by atoms with van der Waals surface area (Å²) in [5.41, 5.74) is 5.34. The van der Waals surface area contributed by atoms with Crippen LogP contribution in [0.1, 0.15) is 34.7 Å². The molecule has 0 radical (unpaired) electrons. The summed E-state index contributed by atoms with van der Waals surface area (Å²) in [4.78, 5) is 13.2. The third-order valence-electron chi connectivity index (χ3n) is 5.66. The molecule has 1 heterocycles. The Labute approximate surface area is 210 Å². The molecule has 35 heavy (non-hydrogen) atoms. The molecular formula is C29H27N3O2S. The van der Waals surface area contributed by atoms with E-state index in [4.69, 9.17) is 4.74 Å². The number of carbonyl (C=O) groups excluding carboxylic acids is 1. The predicted molar refractivity (Wildman–Crippen MR) is 143 cm³/mol. The van der Waals surface area contributed by atoms with Crippen molar-refractivity contribution in [1.82, 2.24) is 5.32 Å². The molecule has 0 unspecified atom stereocenters. The highest BCUT2D eigenvalue weighted by Gasteiger charge is 2.27. The van der Waals surface area contributed by atoms with Crippen LogP contribution in [-0.4, -0.2) is 11.4 Å². The highest BCUT2D eigenvalue weighted by Crippen LogP contribution is 2.31. The maximum Gasteiger partial charge on any atom is 0.260 e. The maximum atomic E-state index is 12.6. The van der Waals surface area contributed by atoms with Crippen LogP contribution in [0, 0.1) is 11.3 Å². The Morgan fingerprint density at radius 1 is 1.14 bits per heavy atom. The molecule has 1 amide bonds. The van der Waals surface area contributed by atoms with Crippen molar-refractivity contribution in [2.24, 2.45) is 0 Å². The van der Waals surface area contributed by atoms with Gasteiger partial charge < -0.3 is 15.4 Å². The van der Waals surface area contributed by atoms with E-state index >= 15 is 0 Å². The third-order valence-corrected chi connectivity index (χ3v) is 6.69. The molecule has 0 aliphatic carbocycles. The van der Waals surface area contributed by atoms with Crippen LogP contribution in [0.3, 0.4) is 0 Å². The lowest BCUT2D eigenvalue weighted by Crippen LogP contribution is -2.30. The lowest BCUT2D eigenvalue weighted by atomic mass is 10.1. The molecule has 1 aliphatic rings. The number of thioether (sulfide) groups is 1. The molecule has 1 aliphatic heterocycles. The third kappa shape index (κ3) is 6.14. The fourth-order valence-corrected chi connectivity index (χ4v) is 4.75. The van der Waals surface area contributed by atoms with E-state index in [1.54, 1.807) is 6.07 Å². The first-order chi connectivity index (χ1) is 17.1. The van der Waals surface area contributed by atoms with Crippen LogP contribution in [0.2, 0.25) is 0 Å². The molecule has 2 N–H and O–H groups in total. The number of amides is 1. The van der Waals surface area contributed by atoms with E-state index in [0.717, 1.165) is 34.5 Å². The smallest absolute Gasteiger partial charge is 0.260 e. The van der Waals surface area contributed by atoms with Crippen LogP contribution < -0.4 is 15.4 Å². The number of carbonyl (C=O) groups is 1. The summed E-state index contributed by atoms with van der Waals surface area (Å²) in [6, 6.07) is 23.7. The molecule has 1 fully saturated rings. The summed E-state index contributed by atoms with van der Waals surface area (Å²) in [5.74, 6) is 0.634. The van der Waals surface area contributed by atoms with Gasteiger partial charge in [-0.15, -0.1) is 6.58 Å². The number of nitrogens with zero attached hydrogens (tertiary/aromatic N) is 1. The summed E-state index contributed by atoms with van der Waals surface area (Å²) in [5, 5.41) is 15.6. The van der Waals surface area contributed by atoms with Gasteiger partial charge in [-0.25, -0.2) is 0 Å². The Hall–Kier alpha value is -3.95. The van der Waals surface area contributed by atoms with E-state index in [1.165, 1.54) is 17.3 Å². The van der Waals surface area contributed by atoms with Crippen LogP contribution >= 0.6 is 11.8 Å². The van der Waals surface area contributed by atoms with Crippen molar-refractivity contribution in [3.8, 4) is 11.8 Å². The van der Waals surface area contributed by atoms with E-state index in [9.17, 15) is 10.1 Å². The standard InChI is InChI=1S/C29H27N3O2S/c1-3-7-22-16-21(12-15-26(22)34-19-24-9-6-5-8-23(24)18-30)17-27-28(33)32-29(35-27)31-25-13-10-20(4-2)11-14-25/h3,5-6,8-17,29,31H,1,4,7,19H2,2H3,(H,32,33)/b27-17-/t29-/m0/s1. The lowest BCUT2D eigenvalue weighted by molar-refractivity contribution is -0.116. The molecular weight excluding hydrogens is 454 g/mol. The van der Waals surface area contributed by atoms with Crippen LogP contribution in [0.4, 0.5) is 5.69 Å². The second-order valence-electron chi connectivity index (χ2n) is 8.09. The Balaban J connectivity index is 1.46. The van der Waals surface area contributed by atoms with Gasteiger partial charge in [-0.3, -0.25) is 4.79 Å². The Morgan fingerprint density at radius 2 is 1.94 bits per heavy atom. The number of aryl methyl sites for hydroxylation is 1. The van der Waals surface area contributed by atoms with Crippen molar-refractivity contribution < 1.29 is 9.53 Å². The van der Waals surface area contributed by atoms with Gasteiger partial charge in [0.15, 0.2) is 5.50 Å². The molecule has 0 bridgehead atoms. The quantitative estimate of drug-likeness (QED) is 0.288. The topological polar surface area (TPSA) is 74.2 Å². The van der Waals surface area contributed by atoms with Crippen LogP contribution in [0.25, 0.3) is 6.08 Å². The van der Waals surface area contributed by atoms with Gasteiger partial charge in [0.2, 0.25) is 0 Å². The van der Waals surface area contributed by atoms with Gasteiger partial charge in [-0.05, 0) is 65.9 Å². The van der Waals surface area contributed by atoms with Crippen molar-refractivity contribution in [1.29, 1.82) is 5.26 Å². The molecule has 4 rings (SSSR count). The van der Waals surface area contributed by atoms with Gasteiger partial charge in [-0.1, -0.05) is 61.2 Å².